The number of likely N-dealkylation sites (N-methyl/N-ethyl adjacent to an activating group) is 1. The maximum absolute atomic E-state index is 6.17. The maximum atomic E-state index is 6.17. The van der Waals surface area contributed by atoms with Crippen molar-refractivity contribution >= 4 is 0 Å². The van der Waals surface area contributed by atoms with Crippen molar-refractivity contribution in [3.8, 4) is 0 Å². The first-order valence-corrected chi connectivity index (χ1v) is 6.72. The highest BCUT2D eigenvalue weighted by atomic mass is 16.7. The minimum Gasteiger partial charge on any atom is -0.345 e. The smallest absolute Gasteiger partial charge is 0.208 e. The van der Waals surface area contributed by atoms with Crippen molar-refractivity contribution in [2.24, 2.45) is 0 Å². The first-order valence-electron chi connectivity index (χ1n) is 6.72. The van der Waals surface area contributed by atoms with E-state index in [-0.39, 0.29) is 6.10 Å². The van der Waals surface area contributed by atoms with Gasteiger partial charge in [-0.2, -0.15) is 0 Å². The molecule has 1 aromatic rings. The fraction of sp³-hybridized carbons (Fsp3) is 0.600. The van der Waals surface area contributed by atoms with Crippen molar-refractivity contribution in [3.05, 3.63) is 35.9 Å². The molecule has 1 saturated heterocycles. The lowest BCUT2D eigenvalue weighted by molar-refractivity contribution is -0.295. The lowest BCUT2D eigenvalue weighted by Crippen LogP contribution is -2.53. The lowest BCUT2D eigenvalue weighted by atomic mass is 10.0. The van der Waals surface area contributed by atoms with Gasteiger partial charge in [-0.3, -0.25) is 4.90 Å². The predicted octanol–water partition coefficient (Wildman–Crippen LogP) is 2.62. The van der Waals surface area contributed by atoms with Crippen LogP contribution in [0, 0.1) is 0 Å². The molecule has 2 rings (SSSR count). The van der Waals surface area contributed by atoms with Crippen LogP contribution >= 0.6 is 0 Å². The first-order chi connectivity index (χ1) is 8.66. The van der Waals surface area contributed by atoms with E-state index in [0.717, 1.165) is 31.7 Å². The van der Waals surface area contributed by atoms with Crippen LogP contribution in [0.3, 0.4) is 0 Å². The standard InChI is InChI=1S/C15H23NO2/c1-4-10-17-15(14-8-6-5-7-9-14)12-16(3)11-13(2)18-15/h5-9,13H,4,10-12H2,1-3H3. The largest absolute Gasteiger partial charge is 0.345 e. The Labute approximate surface area is 110 Å². The molecule has 1 aliphatic rings. The Morgan fingerprint density at radius 1 is 1.39 bits per heavy atom. The number of nitrogens with zero attached hydrogens (tertiary/aromatic N) is 1. The summed E-state index contributed by atoms with van der Waals surface area (Å²) >= 11 is 0. The van der Waals surface area contributed by atoms with Crippen LogP contribution in [0.5, 0.6) is 0 Å². The van der Waals surface area contributed by atoms with E-state index in [9.17, 15) is 0 Å². The number of rotatable bonds is 4. The van der Waals surface area contributed by atoms with Crippen molar-refractivity contribution in [1.82, 2.24) is 4.90 Å². The number of hydrogen-bond acceptors (Lipinski definition) is 3. The maximum Gasteiger partial charge on any atom is 0.208 e. The third-order valence-electron chi connectivity index (χ3n) is 3.19. The van der Waals surface area contributed by atoms with Crippen LogP contribution in [0.15, 0.2) is 30.3 Å². The van der Waals surface area contributed by atoms with Gasteiger partial charge in [0.2, 0.25) is 5.79 Å². The zero-order valence-electron chi connectivity index (χ0n) is 11.6. The molecule has 0 saturated carbocycles. The quantitative estimate of drug-likeness (QED) is 0.818. The minimum atomic E-state index is -0.607. The molecule has 18 heavy (non-hydrogen) atoms. The van der Waals surface area contributed by atoms with Crippen LogP contribution in [0.1, 0.15) is 25.8 Å². The molecule has 0 aliphatic carbocycles. The molecule has 3 heteroatoms. The molecule has 1 aliphatic heterocycles. The Hall–Kier alpha value is -0.900. The summed E-state index contributed by atoms with van der Waals surface area (Å²) in [7, 11) is 2.12. The third kappa shape index (κ3) is 2.91. The Morgan fingerprint density at radius 2 is 2.11 bits per heavy atom. The van der Waals surface area contributed by atoms with E-state index in [1.165, 1.54) is 0 Å². The van der Waals surface area contributed by atoms with Crippen molar-refractivity contribution in [2.75, 3.05) is 26.7 Å². The van der Waals surface area contributed by atoms with E-state index in [1.54, 1.807) is 0 Å². The molecule has 3 nitrogen and oxygen atoms in total. The molecule has 1 aromatic carbocycles. The van der Waals surface area contributed by atoms with Crippen molar-refractivity contribution in [1.29, 1.82) is 0 Å². The molecule has 1 heterocycles. The predicted molar refractivity (Wildman–Crippen MR) is 72.4 cm³/mol. The lowest BCUT2D eigenvalue weighted by Gasteiger charge is -2.44. The Morgan fingerprint density at radius 3 is 2.72 bits per heavy atom. The summed E-state index contributed by atoms with van der Waals surface area (Å²) < 4.78 is 12.3. The molecule has 0 radical (unpaired) electrons. The SMILES string of the molecule is CCCOC1(c2ccccc2)CN(C)CC(C)O1. The summed E-state index contributed by atoms with van der Waals surface area (Å²) in [6, 6.07) is 10.3. The summed E-state index contributed by atoms with van der Waals surface area (Å²) in [5.74, 6) is -0.607. The molecule has 0 aromatic heterocycles. The summed E-state index contributed by atoms with van der Waals surface area (Å²) in [4.78, 5) is 2.27. The molecular formula is C15H23NO2. The number of benzene rings is 1. The molecule has 0 bridgehead atoms. The molecule has 0 spiro atoms. The monoisotopic (exact) mass is 249 g/mol. The van der Waals surface area contributed by atoms with Gasteiger partial charge < -0.3 is 9.47 Å². The molecular weight excluding hydrogens is 226 g/mol. The average molecular weight is 249 g/mol. The van der Waals surface area contributed by atoms with Gasteiger partial charge in [-0.1, -0.05) is 37.3 Å². The summed E-state index contributed by atoms with van der Waals surface area (Å²) in [5, 5.41) is 0. The molecule has 0 amide bonds. The molecule has 2 atom stereocenters. The van der Waals surface area contributed by atoms with Gasteiger partial charge in [-0.15, -0.1) is 0 Å². The Kier molecular flexibility index (Phi) is 4.38. The first kappa shape index (κ1) is 13.5. The molecule has 0 N–H and O–H groups in total. The normalized spacial score (nSPS) is 29.4. The summed E-state index contributed by atoms with van der Waals surface area (Å²) in [5.41, 5.74) is 1.11. The fourth-order valence-corrected chi connectivity index (χ4v) is 2.54. The van der Waals surface area contributed by atoms with Crippen LogP contribution in [0.2, 0.25) is 0 Å². The second-order valence-electron chi connectivity index (χ2n) is 5.09. The molecule has 2 unspecified atom stereocenters. The van der Waals surface area contributed by atoms with E-state index in [0.29, 0.717) is 0 Å². The average Bonchev–Trinajstić information content (AvgIpc) is 2.36. The summed E-state index contributed by atoms with van der Waals surface area (Å²) in [6.45, 7) is 6.66. The van der Waals surface area contributed by atoms with Gasteiger partial charge in [0.25, 0.3) is 0 Å². The van der Waals surface area contributed by atoms with Gasteiger partial charge >= 0.3 is 0 Å². The van der Waals surface area contributed by atoms with Gasteiger partial charge in [-0.05, 0) is 20.4 Å². The number of ether oxygens (including phenoxy) is 2. The topological polar surface area (TPSA) is 21.7 Å². The van der Waals surface area contributed by atoms with E-state index in [4.69, 9.17) is 9.47 Å². The highest BCUT2D eigenvalue weighted by Gasteiger charge is 2.40. The molecule has 100 valence electrons. The Bertz CT molecular complexity index is 356. The van der Waals surface area contributed by atoms with Crippen molar-refractivity contribution in [3.63, 3.8) is 0 Å². The van der Waals surface area contributed by atoms with Crippen LogP contribution in [-0.2, 0) is 15.3 Å². The third-order valence-corrected chi connectivity index (χ3v) is 3.19. The van der Waals surface area contributed by atoms with Gasteiger partial charge in [0.05, 0.1) is 19.3 Å². The fourth-order valence-electron chi connectivity index (χ4n) is 2.54. The van der Waals surface area contributed by atoms with Crippen LogP contribution in [0.25, 0.3) is 0 Å². The second kappa shape index (κ2) is 5.83. The van der Waals surface area contributed by atoms with Gasteiger partial charge in [0.15, 0.2) is 0 Å². The van der Waals surface area contributed by atoms with Crippen LogP contribution in [0.4, 0.5) is 0 Å². The van der Waals surface area contributed by atoms with Crippen molar-refractivity contribution < 1.29 is 9.47 Å². The van der Waals surface area contributed by atoms with E-state index in [2.05, 4.69) is 37.9 Å². The van der Waals surface area contributed by atoms with Crippen molar-refractivity contribution in [2.45, 2.75) is 32.2 Å². The number of morpholine rings is 1. The number of hydrogen-bond donors (Lipinski definition) is 0. The zero-order chi connectivity index (χ0) is 13.0. The van der Waals surface area contributed by atoms with E-state index < -0.39 is 5.79 Å². The van der Waals surface area contributed by atoms with Crippen LogP contribution < -0.4 is 0 Å². The summed E-state index contributed by atoms with van der Waals surface area (Å²) in [6.07, 6.45) is 1.18. The Balaban J connectivity index is 2.28. The molecule has 1 fully saturated rings. The van der Waals surface area contributed by atoms with E-state index in [1.807, 2.05) is 18.2 Å². The van der Waals surface area contributed by atoms with Crippen LogP contribution in [-0.4, -0.2) is 37.7 Å². The van der Waals surface area contributed by atoms with E-state index >= 15 is 0 Å². The zero-order valence-corrected chi connectivity index (χ0v) is 11.6. The highest BCUT2D eigenvalue weighted by molar-refractivity contribution is 5.21. The van der Waals surface area contributed by atoms with Gasteiger partial charge in [0.1, 0.15) is 0 Å². The second-order valence-corrected chi connectivity index (χ2v) is 5.09. The van der Waals surface area contributed by atoms with Gasteiger partial charge in [0, 0.05) is 12.1 Å². The van der Waals surface area contributed by atoms with Gasteiger partial charge in [-0.25, -0.2) is 0 Å². The highest BCUT2D eigenvalue weighted by Crippen LogP contribution is 2.33. The minimum absolute atomic E-state index is 0.181.